The maximum absolute atomic E-state index is 12.3. The molecule has 1 aromatic rings. The minimum absolute atomic E-state index is 0.0279. The molecule has 6 nitrogen and oxygen atoms in total. The monoisotopic (exact) mass is 380 g/mol. The zero-order chi connectivity index (χ0) is 15.9. The molecule has 0 atom stereocenters. The van der Waals surface area contributed by atoms with Crippen molar-refractivity contribution >= 4 is 31.6 Å². The highest BCUT2D eigenvalue weighted by molar-refractivity contribution is 9.10. The lowest BCUT2D eigenvalue weighted by Crippen LogP contribution is -2.26. The first-order valence-electron chi connectivity index (χ1n) is 6.62. The minimum atomic E-state index is -3.67. The molecule has 0 bridgehead atoms. The minimum Gasteiger partial charge on any atom is -0.495 e. The summed E-state index contributed by atoms with van der Waals surface area (Å²) in [6.45, 7) is 3.53. The Morgan fingerprint density at radius 1 is 1.33 bits per heavy atom. The van der Waals surface area contributed by atoms with Gasteiger partial charge in [-0.05, 0) is 40.9 Å². The molecule has 120 valence electrons. The Balaban J connectivity index is 2.72. The Morgan fingerprint density at radius 3 is 2.67 bits per heavy atom. The maximum atomic E-state index is 12.3. The second kappa shape index (κ2) is 8.57. The number of anilines is 1. The molecule has 0 spiro atoms. The first-order valence-corrected chi connectivity index (χ1v) is 8.90. The van der Waals surface area contributed by atoms with Gasteiger partial charge in [-0.2, -0.15) is 0 Å². The number of rotatable bonds is 9. The van der Waals surface area contributed by atoms with Gasteiger partial charge >= 0.3 is 0 Å². The maximum Gasteiger partial charge on any atom is 0.244 e. The second-order valence-electron chi connectivity index (χ2n) is 4.39. The number of hydrogen-bond acceptors (Lipinski definition) is 5. The predicted octanol–water partition coefficient (Wildman–Crippen LogP) is 2.13. The Hall–Kier alpha value is -0.830. The van der Waals surface area contributed by atoms with Gasteiger partial charge in [-0.1, -0.05) is 6.92 Å². The van der Waals surface area contributed by atoms with Crippen molar-refractivity contribution in [1.29, 1.82) is 0 Å². The Bertz CT molecular complexity index is 564. The van der Waals surface area contributed by atoms with Crippen LogP contribution < -0.4 is 15.2 Å². The molecule has 0 aliphatic carbocycles. The van der Waals surface area contributed by atoms with Crippen LogP contribution in [0.1, 0.15) is 19.8 Å². The van der Waals surface area contributed by atoms with E-state index < -0.39 is 10.0 Å². The number of benzene rings is 1. The summed E-state index contributed by atoms with van der Waals surface area (Å²) < 4.78 is 38.0. The van der Waals surface area contributed by atoms with E-state index in [1.54, 1.807) is 0 Å². The fraction of sp³-hybridized carbons (Fsp3) is 0.538. The van der Waals surface area contributed by atoms with Crippen LogP contribution in [0.3, 0.4) is 0 Å². The summed E-state index contributed by atoms with van der Waals surface area (Å²) in [6, 6.07) is 2.91. The molecule has 0 fully saturated rings. The average Bonchev–Trinajstić information content (AvgIpc) is 2.45. The number of sulfonamides is 1. The zero-order valence-electron chi connectivity index (χ0n) is 12.2. The normalized spacial score (nSPS) is 11.6. The molecule has 0 radical (unpaired) electrons. The molecular weight excluding hydrogens is 360 g/mol. The second-order valence-corrected chi connectivity index (χ2v) is 6.98. The summed E-state index contributed by atoms with van der Waals surface area (Å²) in [4.78, 5) is 0.0279. The van der Waals surface area contributed by atoms with Crippen LogP contribution >= 0.6 is 15.9 Å². The van der Waals surface area contributed by atoms with Crippen LogP contribution in [0.5, 0.6) is 5.75 Å². The average molecular weight is 381 g/mol. The van der Waals surface area contributed by atoms with Crippen molar-refractivity contribution in [3.05, 3.63) is 16.6 Å². The number of halogens is 1. The van der Waals surface area contributed by atoms with Gasteiger partial charge in [-0.15, -0.1) is 0 Å². The number of nitrogen functional groups attached to an aromatic ring is 1. The first-order chi connectivity index (χ1) is 9.92. The molecule has 3 N–H and O–H groups in total. The summed E-state index contributed by atoms with van der Waals surface area (Å²) in [5.41, 5.74) is 6.07. The van der Waals surface area contributed by atoms with E-state index >= 15 is 0 Å². The summed E-state index contributed by atoms with van der Waals surface area (Å²) in [7, 11) is -2.25. The van der Waals surface area contributed by atoms with E-state index in [2.05, 4.69) is 20.7 Å². The van der Waals surface area contributed by atoms with Crippen LogP contribution in [-0.2, 0) is 14.8 Å². The van der Waals surface area contributed by atoms with Gasteiger partial charge in [0.2, 0.25) is 10.0 Å². The van der Waals surface area contributed by atoms with Crippen LogP contribution in [0, 0.1) is 0 Å². The molecule has 0 unspecified atom stereocenters. The molecule has 0 saturated carbocycles. The van der Waals surface area contributed by atoms with Gasteiger partial charge in [0.05, 0.1) is 7.11 Å². The van der Waals surface area contributed by atoms with E-state index in [4.69, 9.17) is 15.2 Å². The molecule has 1 aromatic carbocycles. The highest BCUT2D eigenvalue weighted by Crippen LogP contribution is 2.32. The molecule has 8 heteroatoms. The third-order valence-corrected chi connectivity index (χ3v) is 4.85. The molecule has 21 heavy (non-hydrogen) atoms. The summed E-state index contributed by atoms with van der Waals surface area (Å²) in [5, 5.41) is 0. The van der Waals surface area contributed by atoms with E-state index in [1.807, 2.05) is 6.92 Å². The smallest absolute Gasteiger partial charge is 0.244 e. The van der Waals surface area contributed by atoms with Crippen molar-refractivity contribution in [3.8, 4) is 5.75 Å². The molecule has 0 aliphatic heterocycles. The summed E-state index contributed by atoms with van der Waals surface area (Å²) in [5.74, 6) is 0.241. The lowest BCUT2D eigenvalue weighted by Gasteiger charge is -2.12. The lowest BCUT2D eigenvalue weighted by atomic mass is 10.3. The van der Waals surface area contributed by atoms with Crippen molar-refractivity contribution in [2.45, 2.75) is 24.7 Å². The van der Waals surface area contributed by atoms with Gasteiger partial charge in [-0.3, -0.25) is 0 Å². The molecule has 1 rings (SSSR count). The Kier molecular flexibility index (Phi) is 7.44. The van der Waals surface area contributed by atoms with Gasteiger partial charge in [0.1, 0.15) is 10.6 Å². The van der Waals surface area contributed by atoms with Gasteiger partial charge in [-0.25, -0.2) is 13.1 Å². The van der Waals surface area contributed by atoms with Gasteiger partial charge in [0, 0.05) is 29.9 Å². The van der Waals surface area contributed by atoms with Crippen LogP contribution in [-0.4, -0.2) is 35.3 Å². The Morgan fingerprint density at radius 2 is 2.05 bits per heavy atom. The number of hydrogen-bond donors (Lipinski definition) is 2. The first kappa shape index (κ1) is 18.2. The molecule has 0 amide bonds. The summed E-state index contributed by atoms with van der Waals surface area (Å²) >= 11 is 3.24. The topological polar surface area (TPSA) is 90.7 Å². The number of ether oxygens (including phenoxy) is 2. The fourth-order valence-electron chi connectivity index (χ4n) is 1.63. The van der Waals surface area contributed by atoms with E-state index in [1.165, 1.54) is 19.2 Å². The van der Waals surface area contributed by atoms with Gasteiger partial charge in [0.25, 0.3) is 0 Å². The van der Waals surface area contributed by atoms with Crippen molar-refractivity contribution < 1.29 is 17.9 Å². The van der Waals surface area contributed by atoms with Crippen LogP contribution in [0.15, 0.2) is 21.5 Å². The standard InChI is InChI=1S/C13H21BrN2O4S/c1-3-6-20-7-4-5-16-21(17,18)13-9-11(15)10(14)8-12(13)19-2/h8-9,16H,3-7,15H2,1-2H3. The van der Waals surface area contributed by atoms with Crippen LogP contribution in [0.4, 0.5) is 5.69 Å². The number of nitrogens with one attached hydrogen (secondary N) is 1. The van der Waals surface area contributed by atoms with Crippen molar-refractivity contribution in [2.24, 2.45) is 0 Å². The van der Waals surface area contributed by atoms with E-state index in [-0.39, 0.29) is 10.6 Å². The predicted molar refractivity (Wildman–Crippen MR) is 86.0 cm³/mol. The Labute approximate surface area is 134 Å². The highest BCUT2D eigenvalue weighted by atomic mass is 79.9. The molecular formula is C13H21BrN2O4S. The SMILES string of the molecule is CCCOCCCNS(=O)(=O)c1cc(N)c(Br)cc1OC. The van der Waals surface area contributed by atoms with Gasteiger partial charge in [0.15, 0.2) is 0 Å². The molecule has 0 heterocycles. The third-order valence-electron chi connectivity index (χ3n) is 2.68. The number of nitrogens with two attached hydrogens (primary N) is 1. The van der Waals surface area contributed by atoms with Crippen molar-refractivity contribution in [3.63, 3.8) is 0 Å². The third kappa shape index (κ3) is 5.46. The van der Waals surface area contributed by atoms with E-state index in [9.17, 15) is 8.42 Å². The molecule has 0 aliphatic rings. The van der Waals surface area contributed by atoms with Crippen LogP contribution in [0.2, 0.25) is 0 Å². The van der Waals surface area contributed by atoms with Crippen LogP contribution in [0.25, 0.3) is 0 Å². The zero-order valence-corrected chi connectivity index (χ0v) is 14.6. The number of methoxy groups -OCH3 is 1. The molecule has 0 aromatic heterocycles. The molecule has 0 saturated heterocycles. The summed E-state index contributed by atoms with van der Waals surface area (Å²) in [6.07, 6.45) is 1.55. The van der Waals surface area contributed by atoms with Crippen molar-refractivity contribution in [2.75, 3.05) is 32.6 Å². The highest BCUT2D eigenvalue weighted by Gasteiger charge is 2.20. The largest absolute Gasteiger partial charge is 0.495 e. The fourth-order valence-corrected chi connectivity index (χ4v) is 3.21. The van der Waals surface area contributed by atoms with E-state index in [0.29, 0.717) is 36.3 Å². The lowest BCUT2D eigenvalue weighted by molar-refractivity contribution is 0.133. The van der Waals surface area contributed by atoms with Gasteiger partial charge < -0.3 is 15.2 Å². The van der Waals surface area contributed by atoms with E-state index in [0.717, 1.165) is 6.42 Å². The van der Waals surface area contributed by atoms with Crippen molar-refractivity contribution in [1.82, 2.24) is 4.72 Å². The quantitative estimate of drug-likeness (QED) is 0.505.